The monoisotopic (exact) mass is 386 g/mol. The summed E-state index contributed by atoms with van der Waals surface area (Å²) >= 11 is -2.08. The molecule has 0 bridgehead atoms. The highest BCUT2D eigenvalue weighted by Crippen LogP contribution is 2.25. The van der Waals surface area contributed by atoms with Crippen molar-refractivity contribution >= 4 is 17.2 Å². The molecular weight excluding hydrogens is 354 g/mol. The summed E-state index contributed by atoms with van der Waals surface area (Å²) in [5.41, 5.74) is 0. The predicted molar refractivity (Wildman–Crippen MR) is 102 cm³/mol. The molecule has 1 aromatic heterocycles. The summed E-state index contributed by atoms with van der Waals surface area (Å²) in [7, 11) is 0. The van der Waals surface area contributed by atoms with E-state index in [0.717, 1.165) is 19.3 Å². The van der Waals surface area contributed by atoms with Gasteiger partial charge in [-0.25, -0.2) is 4.79 Å². The van der Waals surface area contributed by atoms with Crippen LogP contribution in [-0.4, -0.2) is 27.2 Å². The molecule has 0 aliphatic heterocycles. The highest BCUT2D eigenvalue weighted by Gasteiger charge is 2.18. The van der Waals surface area contributed by atoms with Crippen LogP contribution >= 0.6 is 0 Å². The lowest BCUT2D eigenvalue weighted by Crippen LogP contribution is -2.27. The molecule has 1 N–H and O–H groups in total. The Morgan fingerprint density at radius 3 is 2.50 bits per heavy atom. The summed E-state index contributed by atoms with van der Waals surface area (Å²) < 4.78 is 31.8. The van der Waals surface area contributed by atoms with Crippen LogP contribution in [0.1, 0.15) is 83.0 Å². The number of amides is 1. The Labute approximate surface area is 159 Å². The first-order valence-corrected chi connectivity index (χ1v) is 10.9. The number of alkyl carbamates (subject to hydrolysis) is 1. The first-order valence-electron chi connectivity index (χ1n) is 9.67. The third-order valence-corrected chi connectivity index (χ3v) is 4.81. The number of rotatable bonds is 15. The van der Waals surface area contributed by atoms with Gasteiger partial charge in [0.1, 0.15) is 5.76 Å². The van der Waals surface area contributed by atoms with Crippen molar-refractivity contribution < 1.29 is 22.7 Å². The first kappa shape index (κ1) is 22.7. The molecule has 2 atom stereocenters. The second kappa shape index (κ2) is 14.8. The lowest BCUT2D eigenvalue weighted by molar-refractivity contribution is 0.0778. The number of hydrogen-bond acceptors (Lipinski definition) is 5. The quantitative estimate of drug-likeness (QED) is 0.344. The Kier molecular flexibility index (Phi) is 12.9. The van der Waals surface area contributed by atoms with E-state index in [1.54, 1.807) is 12.3 Å². The average molecular weight is 387 g/mol. The lowest BCUT2D eigenvalue weighted by atomic mass is 10.0. The van der Waals surface area contributed by atoms with Gasteiger partial charge in [0.25, 0.3) is 0 Å². The van der Waals surface area contributed by atoms with E-state index in [0.29, 0.717) is 12.2 Å². The van der Waals surface area contributed by atoms with Crippen LogP contribution in [0, 0.1) is 0 Å². The van der Waals surface area contributed by atoms with E-state index in [2.05, 4.69) is 12.2 Å². The molecule has 0 radical (unpaired) electrons. The van der Waals surface area contributed by atoms with E-state index >= 15 is 0 Å². The van der Waals surface area contributed by atoms with Crippen molar-refractivity contribution in [1.29, 1.82) is 0 Å². The minimum Gasteiger partial charge on any atom is -0.772 e. The van der Waals surface area contributed by atoms with Crippen molar-refractivity contribution in [2.45, 2.75) is 77.2 Å². The molecule has 0 saturated heterocycles. The first-order chi connectivity index (χ1) is 12.6. The number of nitrogens with one attached hydrogen (secondary N) is 1. The predicted octanol–water partition coefficient (Wildman–Crippen LogP) is 4.85. The van der Waals surface area contributed by atoms with Crippen LogP contribution in [0.25, 0.3) is 0 Å². The molecular formula is C19H32NO5S-. The number of ether oxygens (including phenoxy) is 1. The van der Waals surface area contributed by atoms with E-state index < -0.39 is 23.3 Å². The number of carbonyl (C=O) groups is 1. The topological polar surface area (TPSA) is 91.6 Å². The smallest absolute Gasteiger partial charge is 0.407 e. The molecule has 0 fully saturated rings. The van der Waals surface area contributed by atoms with Crippen molar-refractivity contribution in [1.82, 2.24) is 5.32 Å². The maximum absolute atomic E-state index is 11.9. The van der Waals surface area contributed by atoms with Crippen LogP contribution in [0.4, 0.5) is 4.79 Å². The van der Waals surface area contributed by atoms with Gasteiger partial charge in [0.05, 0.1) is 6.26 Å². The molecule has 2 unspecified atom stereocenters. The Morgan fingerprint density at radius 1 is 1.19 bits per heavy atom. The molecule has 1 rings (SSSR count). The van der Waals surface area contributed by atoms with Crippen LogP contribution < -0.4 is 5.32 Å². The third kappa shape index (κ3) is 11.3. The number of carbonyl (C=O) groups excluding carboxylic acids is 1. The summed E-state index contributed by atoms with van der Waals surface area (Å²) in [5.74, 6) is 0.670. The van der Waals surface area contributed by atoms with Crippen molar-refractivity contribution in [2.75, 3.05) is 12.3 Å². The number of hydrogen-bond donors (Lipinski definition) is 1. The van der Waals surface area contributed by atoms with E-state index in [-0.39, 0.29) is 12.3 Å². The Balaban J connectivity index is 2.25. The minimum absolute atomic E-state index is 0.0279. The maximum atomic E-state index is 11.9. The summed E-state index contributed by atoms with van der Waals surface area (Å²) in [6.07, 6.45) is 11.5. The normalized spacial score (nSPS) is 13.3. The average Bonchev–Trinajstić information content (AvgIpc) is 3.14. The van der Waals surface area contributed by atoms with E-state index in [4.69, 9.17) is 9.15 Å². The Morgan fingerprint density at radius 2 is 1.88 bits per heavy atom. The second-order valence-corrected chi connectivity index (χ2v) is 7.48. The molecule has 0 aliphatic rings. The van der Waals surface area contributed by atoms with Crippen LogP contribution in [0.3, 0.4) is 0 Å². The number of unbranched alkanes of at least 4 members (excludes halogenated alkanes) is 7. The van der Waals surface area contributed by atoms with Gasteiger partial charge in [-0.1, -0.05) is 62.9 Å². The van der Waals surface area contributed by atoms with Crippen molar-refractivity contribution in [3.05, 3.63) is 24.2 Å². The fourth-order valence-electron chi connectivity index (χ4n) is 2.75. The van der Waals surface area contributed by atoms with Gasteiger partial charge in [0.2, 0.25) is 0 Å². The molecule has 150 valence electrons. The molecule has 0 saturated carbocycles. The highest BCUT2D eigenvalue weighted by atomic mass is 32.2. The van der Waals surface area contributed by atoms with E-state index in [1.807, 2.05) is 6.07 Å². The molecule has 26 heavy (non-hydrogen) atoms. The van der Waals surface area contributed by atoms with Crippen LogP contribution in [0.15, 0.2) is 22.8 Å². The zero-order valence-electron chi connectivity index (χ0n) is 15.7. The Hall–Kier alpha value is -1.34. The van der Waals surface area contributed by atoms with Gasteiger partial charge in [-0.15, -0.1) is 0 Å². The SMILES string of the molecule is CCCCCCCCCCC(OC(=O)NCCCS(=O)[O-])c1ccco1. The van der Waals surface area contributed by atoms with Crippen molar-refractivity contribution in [3.8, 4) is 0 Å². The molecule has 0 aliphatic carbocycles. The zero-order valence-corrected chi connectivity index (χ0v) is 16.6. The largest absolute Gasteiger partial charge is 0.772 e. The summed E-state index contributed by atoms with van der Waals surface area (Å²) in [6.45, 7) is 2.49. The maximum Gasteiger partial charge on any atom is 0.407 e. The summed E-state index contributed by atoms with van der Waals surface area (Å²) in [5, 5.41) is 2.58. The summed E-state index contributed by atoms with van der Waals surface area (Å²) in [4.78, 5) is 11.9. The van der Waals surface area contributed by atoms with Gasteiger partial charge in [-0.05, 0) is 31.4 Å². The van der Waals surface area contributed by atoms with Gasteiger partial charge in [0.15, 0.2) is 6.10 Å². The molecule has 0 spiro atoms. The van der Waals surface area contributed by atoms with Gasteiger partial charge in [0, 0.05) is 12.3 Å². The van der Waals surface area contributed by atoms with Gasteiger partial charge in [-0.2, -0.15) is 0 Å². The zero-order chi connectivity index (χ0) is 19.0. The van der Waals surface area contributed by atoms with Crippen molar-refractivity contribution in [3.63, 3.8) is 0 Å². The van der Waals surface area contributed by atoms with Crippen LogP contribution in [-0.2, 0) is 15.8 Å². The van der Waals surface area contributed by atoms with Crippen LogP contribution in [0.5, 0.6) is 0 Å². The second-order valence-electron chi connectivity index (χ2n) is 6.46. The van der Waals surface area contributed by atoms with Gasteiger partial charge in [-0.3, -0.25) is 4.21 Å². The van der Waals surface area contributed by atoms with E-state index in [9.17, 15) is 13.6 Å². The van der Waals surface area contributed by atoms with Gasteiger partial charge >= 0.3 is 6.09 Å². The molecule has 1 heterocycles. The van der Waals surface area contributed by atoms with Crippen LogP contribution in [0.2, 0.25) is 0 Å². The molecule has 6 nitrogen and oxygen atoms in total. The highest BCUT2D eigenvalue weighted by molar-refractivity contribution is 7.79. The van der Waals surface area contributed by atoms with Crippen molar-refractivity contribution in [2.24, 2.45) is 0 Å². The number of furan rings is 1. The minimum atomic E-state index is -2.08. The standard InChI is InChI=1S/C19H33NO5S/c1-2-3-4-5-6-7-8-9-12-18(17-13-10-15-24-17)25-19(21)20-14-11-16-26(22)23/h10,13,15,18H,2-9,11-12,14,16H2,1H3,(H,20,21)(H,22,23)/p-1. The molecule has 1 amide bonds. The fourth-order valence-corrected chi connectivity index (χ4v) is 3.13. The molecule has 1 aromatic rings. The fraction of sp³-hybridized carbons (Fsp3) is 0.737. The summed E-state index contributed by atoms with van der Waals surface area (Å²) in [6, 6.07) is 3.59. The molecule has 0 aromatic carbocycles. The molecule has 7 heteroatoms. The Bertz CT molecular complexity index is 492. The lowest BCUT2D eigenvalue weighted by Gasteiger charge is -2.16. The third-order valence-electron chi connectivity index (χ3n) is 4.19. The van der Waals surface area contributed by atoms with E-state index in [1.165, 1.54) is 38.5 Å². The van der Waals surface area contributed by atoms with Gasteiger partial charge < -0.3 is 19.0 Å².